The third kappa shape index (κ3) is 3.95. The van der Waals surface area contributed by atoms with E-state index in [1.54, 1.807) is 6.33 Å². The zero-order valence-electron chi connectivity index (χ0n) is 16.1. The number of piperidine rings is 1. The number of benzene rings is 1. The minimum atomic E-state index is -0.171. The average Bonchev–Trinajstić information content (AvgIpc) is 3.08. The van der Waals surface area contributed by atoms with E-state index in [9.17, 15) is 4.79 Å². The Morgan fingerprint density at radius 3 is 2.88 bits per heavy atom. The summed E-state index contributed by atoms with van der Waals surface area (Å²) in [5.74, 6) is 0.219. The smallest absolute Gasteiger partial charge is 0.236 e. The van der Waals surface area contributed by atoms with E-state index in [0.717, 1.165) is 36.7 Å². The molecule has 26 heavy (non-hydrogen) atoms. The van der Waals surface area contributed by atoms with Gasteiger partial charge in [-0.15, -0.1) is 10.2 Å². The molecule has 0 aliphatic carbocycles. The van der Waals surface area contributed by atoms with Crippen LogP contribution in [0.4, 0.5) is 0 Å². The molecule has 2 unspecified atom stereocenters. The van der Waals surface area contributed by atoms with Gasteiger partial charge in [0.05, 0.1) is 10.9 Å². The molecule has 1 saturated heterocycles. The van der Waals surface area contributed by atoms with Gasteiger partial charge in [0.15, 0.2) is 5.16 Å². The van der Waals surface area contributed by atoms with Gasteiger partial charge >= 0.3 is 0 Å². The van der Waals surface area contributed by atoms with Crippen molar-refractivity contribution in [2.75, 3.05) is 6.54 Å². The summed E-state index contributed by atoms with van der Waals surface area (Å²) >= 11 is 1.50. The lowest BCUT2D eigenvalue weighted by Crippen LogP contribution is -2.46. The Balaban J connectivity index is 1.77. The molecule has 1 amide bonds. The third-order valence-corrected chi connectivity index (χ3v) is 6.18. The molecule has 0 radical (unpaired) electrons. The zero-order chi connectivity index (χ0) is 18.7. The minimum absolute atomic E-state index is 0.171. The van der Waals surface area contributed by atoms with Gasteiger partial charge in [-0.05, 0) is 58.1 Å². The fraction of sp³-hybridized carbons (Fsp3) is 0.550. The number of nitrogens with zero attached hydrogens (tertiary/aromatic N) is 4. The van der Waals surface area contributed by atoms with Gasteiger partial charge in [-0.2, -0.15) is 0 Å². The lowest BCUT2D eigenvalue weighted by Gasteiger charge is -2.36. The molecule has 1 aliphatic rings. The summed E-state index contributed by atoms with van der Waals surface area (Å²) in [6.45, 7) is 9.21. The normalized spacial score (nSPS) is 18.8. The van der Waals surface area contributed by atoms with Gasteiger partial charge in [-0.3, -0.25) is 9.36 Å². The number of thioether (sulfide) groups is 1. The topological polar surface area (TPSA) is 51.0 Å². The van der Waals surface area contributed by atoms with E-state index in [4.69, 9.17) is 0 Å². The quantitative estimate of drug-likeness (QED) is 0.740. The van der Waals surface area contributed by atoms with E-state index in [0.29, 0.717) is 6.04 Å². The van der Waals surface area contributed by atoms with Gasteiger partial charge in [0.2, 0.25) is 5.91 Å². The molecule has 1 aromatic carbocycles. The summed E-state index contributed by atoms with van der Waals surface area (Å²) in [4.78, 5) is 15.1. The molecule has 2 aromatic rings. The highest BCUT2D eigenvalue weighted by Gasteiger charge is 2.30. The zero-order valence-corrected chi connectivity index (χ0v) is 16.9. The van der Waals surface area contributed by atoms with Crippen LogP contribution >= 0.6 is 11.8 Å². The SMILES string of the molecule is CCC1CCCCN1C(=O)C(C)Sc1nncn1-c1ccc(C)cc1C. The van der Waals surface area contributed by atoms with Crippen LogP contribution < -0.4 is 0 Å². The number of amides is 1. The summed E-state index contributed by atoms with van der Waals surface area (Å²) in [7, 11) is 0. The molecule has 1 aromatic heterocycles. The minimum Gasteiger partial charge on any atom is -0.339 e. The Bertz CT molecular complexity index is 773. The van der Waals surface area contributed by atoms with Crippen LogP contribution in [0, 0.1) is 13.8 Å². The van der Waals surface area contributed by atoms with Crippen LogP contribution in [0.25, 0.3) is 5.69 Å². The molecule has 2 atom stereocenters. The molecule has 1 aliphatic heterocycles. The maximum absolute atomic E-state index is 13.0. The molecular weight excluding hydrogens is 344 g/mol. The summed E-state index contributed by atoms with van der Waals surface area (Å²) in [5, 5.41) is 8.95. The Kier molecular flexibility index (Phi) is 6.01. The van der Waals surface area contributed by atoms with Crippen LogP contribution in [0.1, 0.15) is 50.7 Å². The first-order valence-corrected chi connectivity index (χ1v) is 10.3. The van der Waals surface area contributed by atoms with Gasteiger partial charge in [0.1, 0.15) is 6.33 Å². The molecular formula is C20H28N4OS. The monoisotopic (exact) mass is 372 g/mol. The average molecular weight is 373 g/mol. The summed E-state index contributed by atoms with van der Waals surface area (Å²) in [6.07, 6.45) is 6.22. The number of hydrogen-bond acceptors (Lipinski definition) is 4. The van der Waals surface area contributed by atoms with Crippen LogP contribution in [-0.4, -0.2) is 43.4 Å². The molecule has 0 bridgehead atoms. The van der Waals surface area contributed by atoms with Crippen LogP contribution in [0.15, 0.2) is 29.7 Å². The first-order valence-electron chi connectivity index (χ1n) is 9.46. The van der Waals surface area contributed by atoms with Gasteiger partial charge in [0, 0.05) is 12.6 Å². The fourth-order valence-electron chi connectivity index (χ4n) is 3.70. The highest BCUT2D eigenvalue weighted by atomic mass is 32.2. The Hall–Kier alpha value is -1.82. The van der Waals surface area contributed by atoms with Gasteiger partial charge in [-0.1, -0.05) is 36.4 Å². The number of hydrogen-bond donors (Lipinski definition) is 0. The van der Waals surface area contributed by atoms with Crippen molar-refractivity contribution in [1.29, 1.82) is 0 Å². The first-order chi connectivity index (χ1) is 12.5. The predicted octanol–water partition coefficient (Wildman–Crippen LogP) is 4.16. The number of rotatable bonds is 5. The third-order valence-electron chi connectivity index (χ3n) is 5.14. The van der Waals surface area contributed by atoms with Crippen LogP contribution in [0.5, 0.6) is 0 Å². The van der Waals surface area contributed by atoms with Gasteiger partial charge in [0.25, 0.3) is 0 Å². The number of carbonyl (C=O) groups excluding carboxylic acids is 1. The molecule has 0 spiro atoms. The summed E-state index contributed by atoms with van der Waals surface area (Å²) < 4.78 is 1.98. The summed E-state index contributed by atoms with van der Waals surface area (Å²) in [6, 6.07) is 6.71. The molecule has 140 valence electrons. The largest absolute Gasteiger partial charge is 0.339 e. The molecule has 1 fully saturated rings. The van der Waals surface area contributed by atoms with E-state index in [1.807, 2.05) is 11.5 Å². The maximum atomic E-state index is 13.0. The molecule has 2 heterocycles. The standard InChI is InChI=1S/C20H28N4OS/c1-5-17-8-6-7-11-23(17)19(25)16(4)26-20-22-21-13-24(20)18-10-9-14(2)12-15(18)3/h9-10,12-13,16-17H,5-8,11H2,1-4H3. The van der Waals surface area contributed by atoms with E-state index < -0.39 is 0 Å². The van der Waals surface area contributed by atoms with Crippen molar-refractivity contribution >= 4 is 17.7 Å². The van der Waals surface area contributed by atoms with Crippen molar-refractivity contribution in [3.8, 4) is 5.69 Å². The second-order valence-corrected chi connectivity index (χ2v) is 8.43. The van der Waals surface area contributed by atoms with Crippen LogP contribution in [-0.2, 0) is 4.79 Å². The van der Waals surface area contributed by atoms with Crippen LogP contribution in [0.2, 0.25) is 0 Å². The highest BCUT2D eigenvalue weighted by Crippen LogP contribution is 2.29. The molecule has 0 saturated carbocycles. The second-order valence-electron chi connectivity index (χ2n) is 7.12. The summed E-state index contributed by atoms with van der Waals surface area (Å²) in [5.41, 5.74) is 3.47. The van der Waals surface area contributed by atoms with Crippen molar-refractivity contribution in [3.63, 3.8) is 0 Å². The lowest BCUT2D eigenvalue weighted by molar-refractivity contribution is -0.134. The number of carbonyl (C=O) groups is 1. The Morgan fingerprint density at radius 2 is 2.15 bits per heavy atom. The molecule has 5 nitrogen and oxygen atoms in total. The molecule has 6 heteroatoms. The van der Waals surface area contributed by atoms with E-state index in [-0.39, 0.29) is 11.2 Å². The highest BCUT2D eigenvalue weighted by molar-refractivity contribution is 8.00. The fourth-order valence-corrected chi connectivity index (χ4v) is 4.61. The van der Waals surface area contributed by atoms with E-state index >= 15 is 0 Å². The Labute approximate surface area is 160 Å². The number of likely N-dealkylation sites (tertiary alicyclic amines) is 1. The Morgan fingerprint density at radius 1 is 1.35 bits per heavy atom. The maximum Gasteiger partial charge on any atom is 0.236 e. The van der Waals surface area contributed by atoms with Crippen LogP contribution in [0.3, 0.4) is 0 Å². The number of aryl methyl sites for hydroxylation is 2. The first kappa shape index (κ1) is 19.0. The molecule has 0 N–H and O–H groups in total. The van der Waals surface area contributed by atoms with E-state index in [2.05, 4.69) is 54.1 Å². The predicted molar refractivity (Wildman–Crippen MR) is 106 cm³/mol. The second kappa shape index (κ2) is 8.25. The van der Waals surface area contributed by atoms with E-state index in [1.165, 1.54) is 29.3 Å². The molecule has 3 rings (SSSR count). The number of aromatic nitrogens is 3. The van der Waals surface area contributed by atoms with Gasteiger partial charge < -0.3 is 4.90 Å². The van der Waals surface area contributed by atoms with Crippen molar-refractivity contribution in [2.24, 2.45) is 0 Å². The van der Waals surface area contributed by atoms with Crippen molar-refractivity contribution in [1.82, 2.24) is 19.7 Å². The van der Waals surface area contributed by atoms with Crippen molar-refractivity contribution in [3.05, 3.63) is 35.7 Å². The van der Waals surface area contributed by atoms with Gasteiger partial charge in [-0.25, -0.2) is 0 Å². The van der Waals surface area contributed by atoms with Crippen molar-refractivity contribution in [2.45, 2.75) is 69.8 Å². The lowest BCUT2D eigenvalue weighted by atomic mass is 10.00. The van der Waals surface area contributed by atoms with Crippen molar-refractivity contribution < 1.29 is 4.79 Å².